The smallest absolute Gasteiger partial charge is 0.138 e. The number of pyridine rings is 2. The van der Waals surface area contributed by atoms with E-state index in [0.717, 1.165) is 124 Å². The Morgan fingerprint density at radius 3 is 0.626 bits per heavy atom. The van der Waals surface area contributed by atoms with E-state index in [-0.39, 0.29) is 0 Å². The summed E-state index contributed by atoms with van der Waals surface area (Å²) in [6.07, 6.45) is 3.78. The van der Waals surface area contributed by atoms with Gasteiger partial charge in [-0.2, -0.15) is 0 Å². The second-order valence-corrected chi connectivity index (χ2v) is 33.8. The lowest BCUT2D eigenvalue weighted by Gasteiger charge is -2.26. The van der Waals surface area contributed by atoms with E-state index >= 15 is 0 Å². The number of furan rings is 3. The molecular formula is C124H78N4O3. The van der Waals surface area contributed by atoms with Gasteiger partial charge in [0.25, 0.3) is 0 Å². The maximum absolute atomic E-state index is 6.86. The Labute approximate surface area is 755 Å². The third kappa shape index (κ3) is 13.5. The number of aromatic nitrogens is 2. The molecule has 0 unspecified atom stereocenters. The molecule has 0 saturated heterocycles. The van der Waals surface area contributed by atoms with Crippen molar-refractivity contribution in [3.05, 3.63) is 473 Å². The first-order chi connectivity index (χ1) is 64.9. The number of hydrogen-bond donors (Lipinski definition) is 0. The predicted octanol–water partition coefficient (Wildman–Crippen LogP) is 35.1. The highest BCUT2D eigenvalue weighted by molar-refractivity contribution is 6.37. The van der Waals surface area contributed by atoms with Gasteiger partial charge in [0, 0.05) is 90.7 Å². The number of benzene rings is 22. The normalized spacial score (nSPS) is 11.7. The van der Waals surface area contributed by atoms with Crippen molar-refractivity contribution < 1.29 is 13.3 Å². The molecule has 0 bridgehead atoms. The number of nitrogens with zero attached hydrogens (tertiary/aromatic N) is 4. The molecule has 0 spiro atoms. The Hall–Kier alpha value is -17.5. The molecular weight excluding hydrogens is 1590 g/mol. The molecule has 5 heterocycles. The quantitative estimate of drug-likeness (QED) is 0.100. The Balaban J connectivity index is 0.000000106. The van der Waals surface area contributed by atoms with E-state index in [2.05, 4.69) is 444 Å². The van der Waals surface area contributed by atoms with E-state index in [1.54, 1.807) is 0 Å². The molecule has 0 aliphatic heterocycles. The van der Waals surface area contributed by atoms with Crippen LogP contribution in [-0.2, 0) is 0 Å². The lowest BCUT2D eigenvalue weighted by molar-refractivity contribution is 0.669. The fraction of sp³-hybridized carbons (Fsp3) is 0. The zero-order chi connectivity index (χ0) is 86.4. The molecule has 27 aromatic rings. The Morgan fingerprint density at radius 2 is 0.351 bits per heavy atom. The molecule has 0 N–H and O–H groups in total. The van der Waals surface area contributed by atoms with Crippen LogP contribution < -0.4 is 9.80 Å². The van der Waals surface area contributed by atoms with E-state index in [1.165, 1.54) is 130 Å². The van der Waals surface area contributed by atoms with Gasteiger partial charge in [-0.3, -0.25) is 9.97 Å². The van der Waals surface area contributed by atoms with E-state index in [1.807, 2.05) is 48.8 Å². The molecule has 0 atom stereocenters. The first-order valence-corrected chi connectivity index (χ1v) is 44.5. The van der Waals surface area contributed by atoms with Crippen molar-refractivity contribution in [3.63, 3.8) is 0 Å². The number of anilines is 6. The molecule has 22 aromatic carbocycles. The van der Waals surface area contributed by atoms with Crippen molar-refractivity contribution in [2.75, 3.05) is 9.80 Å². The summed E-state index contributed by atoms with van der Waals surface area (Å²) in [6, 6.07) is 163. The van der Waals surface area contributed by atoms with Crippen LogP contribution in [-0.4, -0.2) is 9.97 Å². The van der Waals surface area contributed by atoms with Crippen LogP contribution in [0.1, 0.15) is 0 Å². The van der Waals surface area contributed by atoms with Gasteiger partial charge in [-0.25, -0.2) is 0 Å². The van der Waals surface area contributed by atoms with Crippen LogP contribution >= 0.6 is 0 Å². The van der Waals surface area contributed by atoms with Gasteiger partial charge in [-0.1, -0.05) is 303 Å². The molecule has 0 aliphatic rings. The highest BCUT2D eigenvalue weighted by Gasteiger charge is 2.27. The standard InChI is InChI=1S/C42H28N2O.C42H26O.C40H24N2O/c1-5-15-29(16-6-1)43(30-17-7-2-8-18-30)33-25-37-35-23-13-14-24-36(35)38-26-34(28-40-42(38)41(37)39(27-33)45-40)44(31-19-9-3-10-20-31)32-21-11-4-12-22-32;1-3-11-27(12-4-1)29-15-9-17-31(21-29)33-23-37-35-19-7-8-20-36(35)38-24-34(26-40-42(38)41(37)39(25-33)43-40)32-18-10-16-30(22-32)28-13-5-2-6-14-28;1-3-9-25(10-4-1)35-21-27(15-17-41-35)29-19-33-31-13-7-8-14-32(31)34-20-30(24-38-40(34)39(33)37(23-29)43-38)28-16-18-42-36(22-28)26-11-5-2-6-12-26/h1-28H;1-26H;1-24H. The zero-order valence-electron chi connectivity index (χ0n) is 71.0. The molecule has 27 rings (SSSR count). The minimum Gasteiger partial charge on any atom is -0.456 e. The van der Waals surface area contributed by atoms with Crippen LogP contribution in [0, 0.1) is 0 Å². The van der Waals surface area contributed by atoms with Gasteiger partial charge in [0.2, 0.25) is 0 Å². The predicted molar refractivity (Wildman–Crippen MR) is 548 cm³/mol. The molecule has 7 heteroatoms. The summed E-state index contributed by atoms with van der Waals surface area (Å²) < 4.78 is 20.3. The van der Waals surface area contributed by atoms with Gasteiger partial charge in [0.05, 0.1) is 22.8 Å². The molecule has 131 heavy (non-hydrogen) atoms. The van der Waals surface area contributed by atoms with Crippen molar-refractivity contribution >= 4 is 165 Å². The van der Waals surface area contributed by atoms with Gasteiger partial charge in [-0.05, 0) is 277 Å². The number of hydrogen-bond acceptors (Lipinski definition) is 7. The Kier molecular flexibility index (Phi) is 18.5. The molecule has 0 saturated carbocycles. The van der Waals surface area contributed by atoms with Crippen LogP contribution in [0.3, 0.4) is 0 Å². The van der Waals surface area contributed by atoms with Gasteiger partial charge < -0.3 is 23.1 Å². The first-order valence-electron chi connectivity index (χ1n) is 44.5. The Bertz CT molecular complexity index is 8010. The summed E-state index contributed by atoms with van der Waals surface area (Å²) in [5, 5.41) is 21.7. The van der Waals surface area contributed by atoms with Crippen molar-refractivity contribution in [1.82, 2.24) is 9.97 Å². The minimum absolute atomic E-state index is 0.883. The van der Waals surface area contributed by atoms with E-state index in [9.17, 15) is 0 Å². The monoisotopic (exact) mass is 1670 g/mol. The molecule has 0 radical (unpaired) electrons. The zero-order valence-corrected chi connectivity index (χ0v) is 71.0. The number of para-hydroxylation sites is 4. The maximum Gasteiger partial charge on any atom is 0.138 e. The van der Waals surface area contributed by atoms with Crippen molar-refractivity contribution in [2.24, 2.45) is 0 Å². The summed E-state index contributed by atoms with van der Waals surface area (Å²) in [4.78, 5) is 13.9. The molecule has 0 aliphatic carbocycles. The van der Waals surface area contributed by atoms with E-state index in [0.29, 0.717) is 0 Å². The Morgan fingerprint density at radius 1 is 0.137 bits per heavy atom. The van der Waals surface area contributed by atoms with Gasteiger partial charge in [-0.15, -0.1) is 0 Å². The highest BCUT2D eigenvalue weighted by atomic mass is 16.3. The topological polar surface area (TPSA) is 71.7 Å². The van der Waals surface area contributed by atoms with E-state index < -0.39 is 0 Å². The van der Waals surface area contributed by atoms with Crippen molar-refractivity contribution in [3.8, 4) is 89.3 Å². The largest absolute Gasteiger partial charge is 0.456 e. The molecule has 7 nitrogen and oxygen atoms in total. The SMILES string of the molecule is c1ccc(-c2cc(-c3cc4oc5cc(-c6ccnc(-c7ccccc7)c6)cc6c7ccccc7c(c3)c4c56)ccn2)cc1.c1ccc(-c2cccc(-c3cc4oc5cc(-c6cccc(-c7ccccc7)c6)cc6c7ccccc7c(c3)c4c56)c2)cc1.c1ccc(N(c2ccccc2)c2cc3oc4cc(N(c5ccccc5)c5ccccc5)cc5c6ccccc6c(c2)c3c45)cc1. The first kappa shape index (κ1) is 76.0. The van der Waals surface area contributed by atoms with Gasteiger partial charge in [0.1, 0.15) is 33.5 Å². The summed E-state index contributed by atoms with van der Waals surface area (Å²) in [5.41, 5.74) is 30.0. The fourth-order valence-corrected chi connectivity index (χ4v) is 20.1. The summed E-state index contributed by atoms with van der Waals surface area (Å²) in [6.45, 7) is 0. The number of rotatable bonds is 14. The maximum atomic E-state index is 6.86. The van der Waals surface area contributed by atoms with Crippen LogP contribution in [0.15, 0.2) is 487 Å². The molecule has 612 valence electrons. The lowest BCUT2D eigenvalue weighted by atomic mass is 9.90. The lowest BCUT2D eigenvalue weighted by Crippen LogP contribution is -2.09. The van der Waals surface area contributed by atoms with Crippen molar-refractivity contribution in [1.29, 1.82) is 0 Å². The molecule has 0 fully saturated rings. The highest BCUT2D eigenvalue weighted by Crippen LogP contribution is 2.53. The van der Waals surface area contributed by atoms with Crippen LogP contribution in [0.2, 0.25) is 0 Å². The summed E-state index contributed by atoms with van der Waals surface area (Å²) in [5.74, 6) is 0. The minimum atomic E-state index is 0.883. The summed E-state index contributed by atoms with van der Waals surface area (Å²) >= 11 is 0. The number of fused-ring (bicyclic) bond motifs is 9. The second-order valence-electron chi connectivity index (χ2n) is 33.8. The third-order valence-electron chi connectivity index (χ3n) is 26.0. The van der Waals surface area contributed by atoms with Crippen molar-refractivity contribution in [2.45, 2.75) is 0 Å². The van der Waals surface area contributed by atoms with Gasteiger partial charge >= 0.3 is 0 Å². The van der Waals surface area contributed by atoms with Crippen LogP contribution in [0.5, 0.6) is 0 Å². The van der Waals surface area contributed by atoms with Crippen LogP contribution in [0.25, 0.3) is 220 Å². The molecule has 5 aromatic heterocycles. The fourth-order valence-electron chi connectivity index (χ4n) is 20.1. The molecule has 0 amide bonds. The van der Waals surface area contributed by atoms with Gasteiger partial charge in [0.15, 0.2) is 0 Å². The average molecular weight is 1670 g/mol. The second kappa shape index (κ2) is 31.9. The average Bonchev–Trinajstić information content (AvgIpc) is 1.60. The van der Waals surface area contributed by atoms with Crippen LogP contribution in [0.4, 0.5) is 34.1 Å². The summed E-state index contributed by atoms with van der Waals surface area (Å²) in [7, 11) is 0. The third-order valence-corrected chi connectivity index (χ3v) is 26.0. The van der Waals surface area contributed by atoms with E-state index in [4.69, 9.17) is 13.3 Å².